The highest BCUT2D eigenvalue weighted by Gasteiger charge is 2.59. The molecule has 4 rings (SSSR count). The standard InChI is InChI=1S/C16H21NO2S/c1-12-2-4-14(5-3-12)20(18,19)17-9-8-16-7-6-13(11-16)10-15(16)17/h2-5,13,15H,6-11H2,1H3. The molecular weight excluding hydrogens is 270 g/mol. The number of sulfonamides is 1. The highest BCUT2D eigenvalue weighted by atomic mass is 32.2. The van der Waals surface area contributed by atoms with E-state index in [1.165, 1.54) is 19.3 Å². The van der Waals surface area contributed by atoms with Crippen LogP contribution in [0.15, 0.2) is 29.2 Å². The first-order chi connectivity index (χ1) is 9.51. The first-order valence-corrected chi connectivity index (χ1v) is 9.04. The number of hydrogen-bond donors (Lipinski definition) is 0. The van der Waals surface area contributed by atoms with Gasteiger partial charge in [-0.15, -0.1) is 0 Å². The lowest BCUT2D eigenvalue weighted by molar-refractivity contribution is 0.228. The molecule has 1 heterocycles. The van der Waals surface area contributed by atoms with Crippen molar-refractivity contribution >= 4 is 10.0 Å². The third-order valence-electron chi connectivity index (χ3n) is 5.81. The van der Waals surface area contributed by atoms with Gasteiger partial charge < -0.3 is 0 Å². The van der Waals surface area contributed by atoms with Crippen LogP contribution in [-0.2, 0) is 10.0 Å². The molecule has 0 N–H and O–H groups in total. The SMILES string of the molecule is Cc1ccc(S(=O)(=O)N2CCC34CCC(CC23)C4)cc1. The van der Waals surface area contributed by atoms with Crippen LogP contribution in [0.1, 0.15) is 37.7 Å². The van der Waals surface area contributed by atoms with Crippen molar-refractivity contribution < 1.29 is 8.42 Å². The van der Waals surface area contributed by atoms with Crippen LogP contribution in [-0.4, -0.2) is 25.3 Å². The number of rotatable bonds is 2. The molecule has 1 aromatic rings. The van der Waals surface area contributed by atoms with Gasteiger partial charge in [0.1, 0.15) is 0 Å². The smallest absolute Gasteiger partial charge is 0.207 e. The monoisotopic (exact) mass is 291 g/mol. The summed E-state index contributed by atoms with van der Waals surface area (Å²) in [7, 11) is -3.30. The maximum atomic E-state index is 12.9. The Morgan fingerprint density at radius 3 is 2.65 bits per heavy atom. The van der Waals surface area contributed by atoms with Crippen LogP contribution in [0.3, 0.4) is 0 Å². The number of aryl methyl sites for hydroxylation is 1. The van der Waals surface area contributed by atoms with Crippen molar-refractivity contribution in [3.63, 3.8) is 0 Å². The summed E-state index contributed by atoms with van der Waals surface area (Å²) in [5.74, 6) is 0.774. The molecule has 2 saturated carbocycles. The number of hydrogen-bond acceptors (Lipinski definition) is 2. The summed E-state index contributed by atoms with van der Waals surface area (Å²) in [4.78, 5) is 0.461. The predicted octanol–water partition coefficient (Wildman–Crippen LogP) is 2.95. The third-order valence-corrected chi connectivity index (χ3v) is 7.74. The Hall–Kier alpha value is -0.870. The van der Waals surface area contributed by atoms with Gasteiger partial charge in [0.15, 0.2) is 0 Å². The highest BCUT2D eigenvalue weighted by Crippen LogP contribution is 2.61. The quantitative estimate of drug-likeness (QED) is 0.840. The molecule has 0 amide bonds. The van der Waals surface area contributed by atoms with E-state index in [9.17, 15) is 8.42 Å². The van der Waals surface area contributed by atoms with E-state index in [2.05, 4.69) is 0 Å². The van der Waals surface area contributed by atoms with Crippen LogP contribution in [0.4, 0.5) is 0 Å². The lowest BCUT2D eigenvalue weighted by atomic mass is 9.80. The van der Waals surface area contributed by atoms with E-state index in [4.69, 9.17) is 0 Å². The molecule has 3 fully saturated rings. The van der Waals surface area contributed by atoms with Crippen molar-refractivity contribution in [2.45, 2.75) is 50.0 Å². The van der Waals surface area contributed by atoms with E-state index < -0.39 is 10.0 Å². The van der Waals surface area contributed by atoms with Crippen LogP contribution in [0.5, 0.6) is 0 Å². The van der Waals surface area contributed by atoms with Crippen molar-refractivity contribution in [2.24, 2.45) is 11.3 Å². The molecule has 3 atom stereocenters. The molecule has 3 unspecified atom stereocenters. The summed E-state index contributed by atoms with van der Waals surface area (Å²) in [5.41, 5.74) is 1.42. The Balaban J connectivity index is 1.69. The van der Waals surface area contributed by atoms with Crippen molar-refractivity contribution in [1.29, 1.82) is 0 Å². The molecular formula is C16H21NO2S. The largest absolute Gasteiger partial charge is 0.243 e. The Labute approximate surface area is 121 Å². The predicted molar refractivity (Wildman–Crippen MR) is 77.9 cm³/mol. The summed E-state index contributed by atoms with van der Waals surface area (Å²) < 4.78 is 27.6. The molecule has 1 aromatic carbocycles. The lowest BCUT2D eigenvalue weighted by Crippen LogP contribution is -2.40. The van der Waals surface area contributed by atoms with Gasteiger partial charge in [-0.3, -0.25) is 0 Å². The zero-order valence-corrected chi connectivity index (χ0v) is 12.7. The van der Waals surface area contributed by atoms with Gasteiger partial charge in [-0.05, 0) is 62.5 Å². The van der Waals surface area contributed by atoms with Crippen molar-refractivity contribution in [3.8, 4) is 0 Å². The number of fused-ring (bicyclic) bond motifs is 1. The first kappa shape index (κ1) is 12.8. The zero-order chi connectivity index (χ0) is 14.0. The fourth-order valence-corrected chi connectivity index (χ4v) is 6.51. The van der Waals surface area contributed by atoms with Gasteiger partial charge in [-0.1, -0.05) is 17.7 Å². The summed E-state index contributed by atoms with van der Waals surface area (Å²) in [6, 6.07) is 7.55. The van der Waals surface area contributed by atoms with E-state index in [0.717, 1.165) is 24.3 Å². The Morgan fingerprint density at radius 1 is 1.20 bits per heavy atom. The molecule has 0 radical (unpaired) electrons. The minimum absolute atomic E-state index is 0.271. The van der Waals surface area contributed by atoms with Crippen LogP contribution < -0.4 is 0 Å². The average Bonchev–Trinajstić information content (AvgIpc) is 3.06. The van der Waals surface area contributed by atoms with Crippen LogP contribution in [0, 0.1) is 18.3 Å². The minimum atomic E-state index is -3.30. The normalized spacial score (nSPS) is 36.5. The second-order valence-electron chi connectivity index (χ2n) is 6.90. The zero-order valence-electron chi connectivity index (χ0n) is 11.9. The molecule has 108 valence electrons. The summed E-state index contributed by atoms with van der Waals surface area (Å²) in [6.45, 7) is 2.70. The summed E-state index contributed by atoms with van der Waals surface area (Å²) in [5, 5.41) is 0. The number of benzene rings is 1. The van der Waals surface area contributed by atoms with Gasteiger partial charge in [0.2, 0.25) is 10.0 Å². The molecule has 3 aliphatic rings. The third kappa shape index (κ3) is 1.64. The van der Waals surface area contributed by atoms with E-state index >= 15 is 0 Å². The van der Waals surface area contributed by atoms with Gasteiger partial charge in [-0.2, -0.15) is 4.31 Å². The molecule has 3 nitrogen and oxygen atoms in total. The maximum Gasteiger partial charge on any atom is 0.243 e. The van der Waals surface area contributed by atoms with Gasteiger partial charge in [0, 0.05) is 12.6 Å². The van der Waals surface area contributed by atoms with Crippen molar-refractivity contribution in [1.82, 2.24) is 4.31 Å². The second-order valence-corrected chi connectivity index (χ2v) is 8.79. The first-order valence-electron chi connectivity index (χ1n) is 7.60. The Kier molecular flexibility index (Phi) is 2.62. The topological polar surface area (TPSA) is 37.4 Å². The Morgan fingerprint density at radius 2 is 1.95 bits per heavy atom. The molecule has 1 spiro atoms. The summed E-state index contributed by atoms with van der Waals surface area (Å²) >= 11 is 0. The Bertz CT molecular complexity index is 637. The van der Waals surface area contributed by atoms with Crippen molar-refractivity contribution in [2.75, 3.05) is 6.54 Å². The molecule has 0 aromatic heterocycles. The highest BCUT2D eigenvalue weighted by molar-refractivity contribution is 7.89. The van der Waals surface area contributed by atoms with Gasteiger partial charge in [0.25, 0.3) is 0 Å². The molecule has 4 heteroatoms. The number of nitrogens with zero attached hydrogens (tertiary/aromatic N) is 1. The fraction of sp³-hybridized carbons (Fsp3) is 0.625. The second kappa shape index (κ2) is 4.08. The average molecular weight is 291 g/mol. The van der Waals surface area contributed by atoms with Crippen LogP contribution in [0.25, 0.3) is 0 Å². The van der Waals surface area contributed by atoms with Crippen molar-refractivity contribution in [3.05, 3.63) is 29.8 Å². The molecule has 20 heavy (non-hydrogen) atoms. The fourth-order valence-electron chi connectivity index (χ4n) is 4.78. The van der Waals surface area contributed by atoms with Gasteiger partial charge >= 0.3 is 0 Å². The molecule has 1 aliphatic heterocycles. The van der Waals surface area contributed by atoms with E-state index in [0.29, 0.717) is 16.9 Å². The maximum absolute atomic E-state index is 12.9. The van der Waals surface area contributed by atoms with E-state index in [1.807, 2.05) is 23.4 Å². The lowest BCUT2D eigenvalue weighted by Gasteiger charge is -2.32. The van der Waals surface area contributed by atoms with E-state index in [-0.39, 0.29) is 6.04 Å². The van der Waals surface area contributed by atoms with Crippen LogP contribution >= 0.6 is 0 Å². The molecule has 1 saturated heterocycles. The molecule has 2 bridgehead atoms. The minimum Gasteiger partial charge on any atom is -0.207 e. The van der Waals surface area contributed by atoms with E-state index in [1.54, 1.807) is 12.1 Å². The summed E-state index contributed by atoms with van der Waals surface area (Å²) in [6.07, 6.45) is 5.97. The van der Waals surface area contributed by atoms with Crippen LogP contribution in [0.2, 0.25) is 0 Å². The van der Waals surface area contributed by atoms with Gasteiger partial charge in [-0.25, -0.2) is 8.42 Å². The molecule has 2 aliphatic carbocycles. The van der Waals surface area contributed by atoms with Gasteiger partial charge in [0.05, 0.1) is 4.90 Å².